The molecule has 1 aromatic carbocycles. The molecule has 0 aliphatic carbocycles. The third-order valence-corrected chi connectivity index (χ3v) is 4.37. The van der Waals surface area contributed by atoms with E-state index in [0.29, 0.717) is 37.1 Å². The van der Waals surface area contributed by atoms with Crippen LogP contribution in [0.4, 0.5) is 18.9 Å². The fourth-order valence-corrected chi connectivity index (χ4v) is 3.04. The molecule has 0 atom stereocenters. The standard InChI is InChI=1S/C18H23F3N4O/c1-13(2)10-16-22-17(26-23-16)12-24-6-8-25(9-7-24)15-5-3-4-14(11-15)18(19,20)21/h3-5,11,13H,6-10,12H2,1-2H3. The van der Waals surface area contributed by atoms with E-state index in [2.05, 4.69) is 28.9 Å². The summed E-state index contributed by atoms with van der Waals surface area (Å²) in [5.41, 5.74) is -0.00236. The van der Waals surface area contributed by atoms with Gasteiger partial charge >= 0.3 is 6.18 Å². The number of piperazine rings is 1. The van der Waals surface area contributed by atoms with Crippen molar-refractivity contribution in [1.29, 1.82) is 0 Å². The lowest BCUT2D eigenvalue weighted by Crippen LogP contribution is -2.46. The van der Waals surface area contributed by atoms with Gasteiger partial charge in [0.25, 0.3) is 0 Å². The largest absolute Gasteiger partial charge is 0.416 e. The fourth-order valence-electron chi connectivity index (χ4n) is 3.04. The van der Waals surface area contributed by atoms with Gasteiger partial charge in [0.05, 0.1) is 12.1 Å². The van der Waals surface area contributed by atoms with Crippen LogP contribution in [0, 0.1) is 5.92 Å². The average Bonchev–Trinajstić information content (AvgIpc) is 3.01. The predicted octanol–water partition coefficient (Wildman–Crippen LogP) is 3.61. The minimum absolute atomic E-state index is 0.469. The van der Waals surface area contributed by atoms with Gasteiger partial charge in [-0.2, -0.15) is 18.2 Å². The highest BCUT2D eigenvalue weighted by molar-refractivity contribution is 5.49. The van der Waals surface area contributed by atoms with Gasteiger partial charge in [0.1, 0.15) is 0 Å². The van der Waals surface area contributed by atoms with Gasteiger partial charge in [-0.25, -0.2) is 0 Å². The third-order valence-electron chi connectivity index (χ3n) is 4.37. The van der Waals surface area contributed by atoms with Gasteiger partial charge < -0.3 is 9.42 Å². The molecule has 1 aromatic heterocycles. The molecule has 1 aliphatic rings. The van der Waals surface area contributed by atoms with E-state index >= 15 is 0 Å². The Bertz CT molecular complexity index is 721. The van der Waals surface area contributed by atoms with Crippen molar-refractivity contribution in [3.8, 4) is 0 Å². The van der Waals surface area contributed by atoms with Crippen molar-refractivity contribution in [2.24, 2.45) is 5.92 Å². The van der Waals surface area contributed by atoms with Crippen molar-refractivity contribution in [3.63, 3.8) is 0 Å². The van der Waals surface area contributed by atoms with Crippen LogP contribution in [0.1, 0.15) is 31.1 Å². The first-order chi connectivity index (χ1) is 12.3. The second-order valence-electron chi connectivity index (χ2n) is 7.01. The highest BCUT2D eigenvalue weighted by atomic mass is 19.4. The molecule has 0 radical (unpaired) electrons. The van der Waals surface area contributed by atoms with Gasteiger partial charge in [0, 0.05) is 38.3 Å². The zero-order valence-corrected chi connectivity index (χ0v) is 15.0. The summed E-state index contributed by atoms with van der Waals surface area (Å²) >= 11 is 0. The van der Waals surface area contributed by atoms with E-state index in [4.69, 9.17) is 4.52 Å². The fraction of sp³-hybridized carbons (Fsp3) is 0.556. The highest BCUT2D eigenvalue weighted by Gasteiger charge is 2.31. The van der Waals surface area contributed by atoms with E-state index in [0.717, 1.165) is 31.4 Å². The maximum absolute atomic E-state index is 12.9. The maximum atomic E-state index is 12.9. The third kappa shape index (κ3) is 4.75. The van der Waals surface area contributed by atoms with E-state index < -0.39 is 11.7 Å². The minimum atomic E-state index is -4.32. The van der Waals surface area contributed by atoms with Crippen LogP contribution in [0.2, 0.25) is 0 Å². The minimum Gasteiger partial charge on any atom is -0.369 e. The van der Waals surface area contributed by atoms with Gasteiger partial charge in [-0.05, 0) is 24.1 Å². The number of hydrogen-bond donors (Lipinski definition) is 0. The van der Waals surface area contributed by atoms with Gasteiger partial charge in [-0.3, -0.25) is 4.90 Å². The molecule has 0 spiro atoms. The maximum Gasteiger partial charge on any atom is 0.416 e. The highest BCUT2D eigenvalue weighted by Crippen LogP contribution is 2.31. The number of hydrogen-bond acceptors (Lipinski definition) is 5. The number of alkyl halides is 3. The summed E-state index contributed by atoms with van der Waals surface area (Å²) in [4.78, 5) is 8.56. The van der Waals surface area contributed by atoms with E-state index in [1.165, 1.54) is 12.1 Å². The molecule has 26 heavy (non-hydrogen) atoms. The van der Waals surface area contributed by atoms with Crippen LogP contribution in [-0.2, 0) is 19.1 Å². The van der Waals surface area contributed by atoms with Crippen LogP contribution in [0.3, 0.4) is 0 Å². The molecule has 0 unspecified atom stereocenters. The molecule has 0 N–H and O–H groups in total. The van der Waals surface area contributed by atoms with Crippen molar-refractivity contribution in [2.75, 3.05) is 31.1 Å². The van der Waals surface area contributed by atoms with Crippen LogP contribution in [0.5, 0.6) is 0 Å². The molecule has 142 valence electrons. The zero-order valence-electron chi connectivity index (χ0n) is 15.0. The predicted molar refractivity (Wildman–Crippen MR) is 91.8 cm³/mol. The van der Waals surface area contributed by atoms with E-state index in [1.807, 2.05) is 4.90 Å². The Kier molecular flexibility index (Phi) is 5.50. The number of aromatic nitrogens is 2. The smallest absolute Gasteiger partial charge is 0.369 e. The first kappa shape index (κ1) is 18.7. The summed E-state index contributed by atoms with van der Waals surface area (Å²) in [6, 6.07) is 5.50. The SMILES string of the molecule is CC(C)Cc1noc(CN2CCN(c3cccc(C(F)(F)F)c3)CC2)n1. The number of anilines is 1. The average molecular weight is 368 g/mol. The lowest BCUT2D eigenvalue weighted by molar-refractivity contribution is -0.137. The summed E-state index contributed by atoms with van der Waals surface area (Å²) in [6.07, 6.45) is -3.53. The second kappa shape index (κ2) is 7.65. The van der Waals surface area contributed by atoms with Crippen LogP contribution in [-0.4, -0.2) is 41.2 Å². The Hall–Kier alpha value is -2.09. The second-order valence-corrected chi connectivity index (χ2v) is 7.01. The van der Waals surface area contributed by atoms with Gasteiger partial charge in [0.15, 0.2) is 5.82 Å². The zero-order chi connectivity index (χ0) is 18.7. The van der Waals surface area contributed by atoms with Crippen molar-refractivity contribution < 1.29 is 17.7 Å². The molecule has 8 heteroatoms. The molecule has 1 aliphatic heterocycles. The Balaban J connectivity index is 1.55. The monoisotopic (exact) mass is 368 g/mol. The molecule has 1 saturated heterocycles. The van der Waals surface area contributed by atoms with Crippen LogP contribution < -0.4 is 4.90 Å². The molecule has 2 aromatic rings. The van der Waals surface area contributed by atoms with Crippen molar-refractivity contribution in [1.82, 2.24) is 15.0 Å². The van der Waals surface area contributed by atoms with Gasteiger partial charge in [0.2, 0.25) is 5.89 Å². The number of rotatable bonds is 5. The van der Waals surface area contributed by atoms with Crippen molar-refractivity contribution in [3.05, 3.63) is 41.5 Å². The molecule has 0 saturated carbocycles. The Morgan fingerprint density at radius 3 is 2.54 bits per heavy atom. The Labute approximate surface area is 150 Å². The normalized spacial score (nSPS) is 16.5. The summed E-state index contributed by atoms with van der Waals surface area (Å²) in [6.45, 7) is 7.56. The van der Waals surface area contributed by atoms with E-state index in [9.17, 15) is 13.2 Å². The molecule has 3 rings (SSSR count). The van der Waals surface area contributed by atoms with E-state index in [-0.39, 0.29) is 0 Å². The van der Waals surface area contributed by atoms with Crippen molar-refractivity contribution in [2.45, 2.75) is 33.0 Å². The lowest BCUT2D eigenvalue weighted by Gasteiger charge is -2.35. The molecule has 2 heterocycles. The topological polar surface area (TPSA) is 45.4 Å². The Morgan fingerprint density at radius 2 is 1.88 bits per heavy atom. The first-order valence-corrected chi connectivity index (χ1v) is 8.77. The van der Waals surface area contributed by atoms with Crippen LogP contribution in [0.15, 0.2) is 28.8 Å². The lowest BCUT2D eigenvalue weighted by atomic mass is 10.1. The molecule has 5 nitrogen and oxygen atoms in total. The number of nitrogens with zero attached hydrogens (tertiary/aromatic N) is 4. The van der Waals surface area contributed by atoms with Crippen LogP contribution in [0.25, 0.3) is 0 Å². The van der Waals surface area contributed by atoms with Gasteiger partial charge in [-0.15, -0.1) is 0 Å². The summed E-state index contributed by atoms with van der Waals surface area (Å²) in [5, 5.41) is 3.99. The summed E-state index contributed by atoms with van der Waals surface area (Å²) < 4.78 is 43.9. The molecule has 0 bridgehead atoms. The quantitative estimate of drug-likeness (QED) is 0.807. The first-order valence-electron chi connectivity index (χ1n) is 8.77. The molecular formula is C18H23F3N4O. The molecule has 1 fully saturated rings. The molecular weight excluding hydrogens is 345 g/mol. The summed E-state index contributed by atoms with van der Waals surface area (Å²) in [5.74, 6) is 1.78. The number of halogens is 3. The van der Waals surface area contributed by atoms with Crippen molar-refractivity contribution >= 4 is 5.69 Å². The molecule has 0 amide bonds. The van der Waals surface area contributed by atoms with Gasteiger partial charge in [-0.1, -0.05) is 25.1 Å². The summed E-state index contributed by atoms with van der Waals surface area (Å²) in [7, 11) is 0. The van der Waals surface area contributed by atoms with Crippen LogP contribution >= 0.6 is 0 Å². The van der Waals surface area contributed by atoms with E-state index in [1.54, 1.807) is 6.07 Å². The Morgan fingerprint density at radius 1 is 1.15 bits per heavy atom. The number of benzene rings is 1.